The van der Waals surface area contributed by atoms with Gasteiger partial charge >= 0.3 is 18.2 Å². The highest BCUT2D eigenvalue weighted by atomic mass is 16.6. The lowest BCUT2D eigenvalue weighted by Crippen LogP contribution is -2.58. The van der Waals surface area contributed by atoms with E-state index in [0.29, 0.717) is 5.01 Å². The van der Waals surface area contributed by atoms with Crippen LogP contribution in [0.4, 0.5) is 14.4 Å². The zero-order chi connectivity index (χ0) is 20.1. The van der Waals surface area contributed by atoms with Crippen molar-refractivity contribution in [1.82, 2.24) is 15.4 Å². The number of hydrogen-bond donors (Lipinski definition) is 1. The molecular weight excluding hydrogens is 346 g/mol. The van der Waals surface area contributed by atoms with Crippen LogP contribution in [-0.4, -0.2) is 65.0 Å². The highest BCUT2D eigenvalue weighted by molar-refractivity contribution is 6.32. The van der Waals surface area contributed by atoms with Crippen LogP contribution in [0.3, 0.4) is 0 Å². The summed E-state index contributed by atoms with van der Waals surface area (Å²) in [4.78, 5) is 41.2. The summed E-state index contributed by atoms with van der Waals surface area (Å²) in [6.07, 6.45) is -0.658. The molecule has 0 unspecified atom stereocenters. The lowest BCUT2D eigenvalue weighted by molar-refractivity contribution is 0.0193. The maximum Gasteiger partial charge on any atom is 0.439 e. The minimum atomic E-state index is -0.999. The van der Waals surface area contributed by atoms with E-state index in [9.17, 15) is 14.4 Å². The van der Waals surface area contributed by atoms with Crippen molar-refractivity contribution in [1.29, 1.82) is 0 Å². The molecule has 11 nitrogen and oxygen atoms in total. The van der Waals surface area contributed by atoms with Crippen molar-refractivity contribution in [2.24, 2.45) is 10.3 Å². The predicted octanol–water partition coefficient (Wildman–Crippen LogP) is 2.09. The van der Waals surface area contributed by atoms with E-state index in [-0.39, 0.29) is 12.3 Å². The molecule has 26 heavy (non-hydrogen) atoms. The minimum absolute atomic E-state index is 0.149. The monoisotopic (exact) mass is 371 g/mol. The summed E-state index contributed by atoms with van der Waals surface area (Å²) in [5.41, 5.74) is 0.843. The Morgan fingerprint density at radius 3 is 2.23 bits per heavy atom. The highest BCUT2D eigenvalue weighted by Crippen LogP contribution is 2.14. The molecule has 0 atom stereocenters. The molecule has 1 rings (SSSR count). The summed E-state index contributed by atoms with van der Waals surface area (Å²) in [5.74, 6) is 0. The molecule has 0 saturated heterocycles. The molecule has 11 heteroatoms. The van der Waals surface area contributed by atoms with Gasteiger partial charge in [0, 0.05) is 0 Å². The van der Waals surface area contributed by atoms with Gasteiger partial charge < -0.3 is 14.3 Å². The normalized spacial score (nSPS) is 15.7. The molecule has 146 valence electrons. The molecule has 4 amide bonds. The summed E-state index contributed by atoms with van der Waals surface area (Å²) in [7, 11) is 1.33. The number of amides is 4. The first-order valence-corrected chi connectivity index (χ1v) is 7.80. The predicted molar refractivity (Wildman–Crippen MR) is 92.5 cm³/mol. The molecule has 1 aliphatic rings. The third kappa shape index (κ3) is 6.95. The van der Waals surface area contributed by atoms with E-state index < -0.39 is 29.4 Å². The SMILES string of the molecule is CO/N=C\C1=NN(C(=O)OC(C)(C)C)C(=O)N(NC(=O)OC(C)(C)C)C1. The van der Waals surface area contributed by atoms with Gasteiger partial charge in [0.05, 0.1) is 12.8 Å². The van der Waals surface area contributed by atoms with Crippen LogP contribution in [-0.2, 0) is 14.3 Å². The van der Waals surface area contributed by atoms with Crippen molar-refractivity contribution in [2.75, 3.05) is 13.7 Å². The number of hydrazine groups is 1. The molecule has 0 aromatic carbocycles. The topological polar surface area (TPSA) is 122 Å². The molecule has 0 aromatic rings. The number of urea groups is 1. The molecule has 0 saturated carbocycles. The average Bonchev–Trinajstić information content (AvgIpc) is 2.43. The molecule has 0 radical (unpaired) electrons. The number of oxime groups is 1. The van der Waals surface area contributed by atoms with Crippen LogP contribution in [0.5, 0.6) is 0 Å². The number of rotatable bonds is 3. The van der Waals surface area contributed by atoms with Gasteiger partial charge in [-0.25, -0.2) is 24.8 Å². The summed E-state index contributed by atoms with van der Waals surface area (Å²) in [5, 5.41) is 8.78. The lowest BCUT2D eigenvalue weighted by atomic mass is 10.2. The minimum Gasteiger partial charge on any atom is -0.443 e. The second-order valence-corrected chi connectivity index (χ2v) is 7.28. The van der Waals surface area contributed by atoms with Crippen molar-refractivity contribution in [3.05, 3.63) is 0 Å². The van der Waals surface area contributed by atoms with E-state index in [2.05, 4.69) is 20.5 Å². The van der Waals surface area contributed by atoms with Crippen LogP contribution < -0.4 is 5.43 Å². The number of ether oxygens (including phenoxy) is 2. The number of nitrogens with one attached hydrogen (secondary N) is 1. The Kier molecular flexibility index (Phi) is 6.54. The highest BCUT2D eigenvalue weighted by Gasteiger charge is 2.36. The second-order valence-electron chi connectivity index (χ2n) is 7.28. The van der Waals surface area contributed by atoms with E-state index in [1.54, 1.807) is 41.5 Å². The fourth-order valence-electron chi connectivity index (χ4n) is 1.65. The third-order valence-electron chi connectivity index (χ3n) is 2.46. The Bertz CT molecular complexity index is 617. The van der Waals surface area contributed by atoms with Crippen molar-refractivity contribution in [3.8, 4) is 0 Å². The van der Waals surface area contributed by atoms with Gasteiger partial charge in [0.2, 0.25) is 0 Å². The molecule has 0 aliphatic carbocycles. The van der Waals surface area contributed by atoms with Gasteiger partial charge in [0.15, 0.2) is 0 Å². The molecule has 0 bridgehead atoms. The average molecular weight is 371 g/mol. The number of hydrogen-bond acceptors (Lipinski definition) is 8. The third-order valence-corrected chi connectivity index (χ3v) is 2.46. The maximum absolute atomic E-state index is 12.5. The van der Waals surface area contributed by atoms with E-state index in [0.717, 1.165) is 5.01 Å². The molecule has 0 aromatic heterocycles. The van der Waals surface area contributed by atoms with Crippen molar-refractivity contribution in [3.63, 3.8) is 0 Å². The van der Waals surface area contributed by atoms with Crippen molar-refractivity contribution < 1.29 is 28.7 Å². The van der Waals surface area contributed by atoms with Gasteiger partial charge in [-0.3, -0.25) is 0 Å². The van der Waals surface area contributed by atoms with E-state index in [1.165, 1.54) is 13.3 Å². The van der Waals surface area contributed by atoms with Crippen LogP contribution in [0.15, 0.2) is 10.3 Å². The second kappa shape index (κ2) is 8.02. The number of imide groups is 1. The smallest absolute Gasteiger partial charge is 0.439 e. The first kappa shape index (κ1) is 21.2. The molecule has 1 heterocycles. The van der Waals surface area contributed by atoms with Crippen LogP contribution in [0, 0.1) is 0 Å². The van der Waals surface area contributed by atoms with Gasteiger partial charge in [0.25, 0.3) is 0 Å². The fraction of sp³-hybridized carbons (Fsp3) is 0.667. The van der Waals surface area contributed by atoms with E-state index >= 15 is 0 Å². The molecule has 1 aliphatic heterocycles. The Balaban J connectivity index is 3.02. The molecule has 0 fully saturated rings. The Morgan fingerprint density at radius 2 is 1.73 bits per heavy atom. The number of hydrazone groups is 1. The largest absolute Gasteiger partial charge is 0.443 e. The quantitative estimate of drug-likeness (QED) is 0.599. The maximum atomic E-state index is 12.5. The first-order chi connectivity index (χ1) is 11.8. The zero-order valence-electron chi connectivity index (χ0n) is 16.0. The van der Waals surface area contributed by atoms with E-state index in [4.69, 9.17) is 9.47 Å². The summed E-state index contributed by atoms with van der Waals surface area (Å²) >= 11 is 0. The molecule has 1 N–H and O–H groups in total. The number of carbonyl (C=O) groups is 3. The summed E-state index contributed by atoms with van der Waals surface area (Å²) in [6.45, 7) is 9.82. The fourth-order valence-corrected chi connectivity index (χ4v) is 1.65. The van der Waals surface area contributed by atoms with E-state index in [1.807, 2.05) is 0 Å². The number of carbonyl (C=O) groups excluding carboxylic acids is 3. The standard InChI is InChI=1S/C15H25N5O6/c1-14(2,3)25-11(21)18-19-9-10(8-16-24-7)17-20(12(19)22)13(23)26-15(4,5)6/h8H,9H2,1-7H3,(H,18,21)/b16-8-. The van der Waals surface area contributed by atoms with Crippen LogP contribution >= 0.6 is 0 Å². The Labute approximate surface area is 151 Å². The Morgan fingerprint density at radius 1 is 1.15 bits per heavy atom. The van der Waals surface area contributed by atoms with Gasteiger partial charge in [-0.2, -0.15) is 5.10 Å². The zero-order valence-corrected chi connectivity index (χ0v) is 16.0. The van der Waals surface area contributed by atoms with Crippen LogP contribution in [0.1, 0.15) is 41.5 Å². The van der Waals surface area contributed by atoms with Crippen LogP contribution in [0.2, 0.25) is 0 Å². The molecule has 0 spiro atoms. The van der Waals surface area contributed by atoms with Crippen molar-refractivity contribution in [2.45, 2.75) is 52.7 Å². The first-order valence-electron chi connectivity index (χ1n) is 7.80. The Hall–Kier alpha value is -2.85. The molecular formula is C15H25N5O6. The van der Waals surface area contributed by atoms with Gasteiger partial charge in [-0.15, -0.1) is 5.01 Å². The van der Waals surface area contributed by atoms with Gasteiger partial charge in [0.1, 0.15) is 24.0 Å². The number of nitrogens with zero attached hydrogens (tertiary/aromatic N) is 4. The van der Waals surface area contributed by atoms with Gasteiger partial charge in [-0.1, -0.05) is 5.16 Å². The van der Waals surface area contributed by atoms with Crippen LogP contribution in [0.25, 0.3) is 0 Å². The summed E-state index contributed by atoms with van der Waals surface area (Å²) < 4.78 is 10.3. The van der Waals surface area contributed by atoms with Crippen molar-refractivity contribution >= 4 is 30.1 Å². The lowest BCUT2D eigenvalue weighted by Gasteiger charge is -2.32. The van der Waals surface area contributed by atoms with Gasteiger partial charge in [-0.05, 0) is 41.5 Å². The summed E-state index contributed by atoms with van der Waals surface area (Å²) in [6, 6.07) is -0.903.